The molecule has 0 heterocycles. The van der Waals surface area contributed by atoms with E-state index < -0.39 is 0 Å². The summed E-state index contributed by atoms with van der Waals surface area (Å²) >= 11 is 0. The average Bonchev–Trinajstić information content (AvgIpc) is 2.10. The van der Waals surface area contributed by atoms with Gasteiger partial charge in [0.25, 0.3) is 0 Å². The third-order valence-corrected chi connectivity index (χ3v) is 1.78. The Bertz CT molecular complexity index is 97.2. The van der Waals surface area contributed by atoms with Crippen molar-refractivity contribution in [1.29, 1.82) is 0 Å². The Labute approximate surface area is 77.2 Å². The molecule has 0 aromatic heterocycles. The molecule has 1 nitrogen and oxygen atoms in total. The largest absolute Gasteiger partial charge is 0.391 e. The van der Waals surface area contributed by atoms with E-state index in [0.717, 1.165) is 19.4 Å². The predicted molar refractivity (Wildman–Crippen MR) is 55.9 cm³/mol. The second-order valence-corrected chi connectivity index (χ2v) is 3.06. The molecule has 71 valence electrons. The van der Waals surface area contributed by atoms with Gasteiger partial charge in [0.1, 0.15) is 0 Å². The van der Waals surface area contributed by atoms with E-state index in [1.807, 2.05) is 0 Å². The number of allylic oxidation sites excluding steroid dienone is 1. The van der Waals surface area contributed by atoms with Crippen molar-refractivity contribution >= 4 is 0 Å². The minimum atomic E-state index is 0.994. The molecule has 0 aliphatic heterocycles. The Morgan fingerprint density at radius 3 is 2.75 bits per heavy atom. The normalized spacial score (nSPS) is 10.8. The molecule has 12 heavy (non-hydrogen) atoms. The van der Waals surface area contributed by atoms with E-state index in [-0.39, 0.29) is 0 Å². The summed E-state index contributed by atoms with van der Waals surface area (Å²) in [5.74, 6) is 0. The zero-order valence-electron chi connectivity index (χ0n) is 8.31. The minimum absolute atomic E-state index is 0.994. The molecule has 1 heteroatoms. The second-order valence-electron chi connectivity index (χ2n) is 3.06. The van der Waals surface area contributed by atoms with Crippen LogP contribution in [0, 0.1) is 6.92 Å². The van der Waals surface area contributed by atoms with Gasteiger partial charge < -0.3 is 5.32 Å². The number of hydrogen-bond donors (Lipinski definition) is 1. The van der Waals surface area contributed by atoms with Gasteiger partial charge in [-0.1, -0.05) is 39.2 Å². The zero-order valence-corrected chi connectivity index (χ0v) is 8.31. The van der Waals surface area contributed by atoms with Gasteiger partial charge in [-0.15, -0.1) is 0 Å². The summed E-state index contributed by atoms with van der Waals surface area (Å²) < 4.78 is 0. The molecule has 1 radical (unpaired) electrons. The topological polar surface area (TPSA) is 12.0 Å². The lowest BCUT2D eigenvalue weighted by Gasteiger charge is -1.99. The standard InChI is InChI=1S/C11H22N/c1-3-5-7-9-11-12-10-8-6-4-2/h8,10,12H,2-7,9,11H2,1H3. The van der Waals surface area contributed by atoms with Gasteiger partial charge in [0.15, 0.2) is 0 Å². The molecular formula is C11H22N. The zero-order chi connectivity index (χ0) is 9.07. The van der Waals surface area contributed by atoms with E-state index in [1.54, 1.807) is 0 Å². The van der Waals surface area contributed by atoms with Crippen molar-refractivity contribution in [3.8, 4) is 0 Å². The summed E-state index contributed by atoms with van der Waals surface area (Å²) in [4.78, 5) is 0. The first-order valence-electron chi connectivity index (χ1n) is 5.09. The van der Waals surface area contributed by atoms with E-state index >= 15 is 0 Å². The monoisotopic (exact) mass is 168 g/mol. The Morgan fingerprint density at radius 2 is 2.08 bits per heavy atom. The van der Waals surface area contributed by atoms with Crippen LogP contribution in [0.2, 0.25) is 0 Å². The van der Waals surface area contributed by atoms with Crippen molar-refractivity contribution in [2.45, 2.75) is 45.4 Å². The van der Waals surface area contributed by atoms with Crippen molar-refractivity contribution in [2.24, 2.45) is 0 Å². The van der Waals surface area contributed by atoms with Gasteiger partial charge in [-0.05, 0) is 25.5 Å². The molecule has 0 amide bonds. The summed E-state index contributed by atoms with van der Waals surface area (Å²) in [6, 6.07) is 0. The second kappa shape index (κ2) is 10.5. The summed E-state index contributed by atoms with van der Waals surface area (Å²) in [6.45, 7) is 7.12. The molecule has 0 aromatic rings. The molecular weight excluding hydrogens is 146 g/mol. The van der Waals surface area contributed by atoms with Crippen LogP contribution in [0.3, 0.4) is 0 Å². The highest BCUT2D eigenvalue weighted by molar-refractivity contribution is 4.79. The summed E-state index contributed by atoms with van der Waals surface area (Å²) in [5, 5.41) is 3.27. The van der Waals surface area contributed by atoms with Gasteiger partial charge in [0.05, 0.1) is 0 Å². The van der Waals surface area contributed by atoms with Crippen molar-refractivity contribution in [3.63, 3.8) is 0 Å². The highest BCUT2D eigenvalue weighted by atomic mass is 14.8. The van der Waals surface area contributed by atoms with E-state index in [4.69, 9.17) is 0 Å². The molecule has 0 aromatic carbocycles. The van der Waals surface area contributed by atoms with Crippen molar-refractivity contribution < 1.29 is 0 Å². The summed E-state index contributed by atoms with van der Waals surface area (Å²) in [7, 11) is 0. The summed E-state index contributed by atoms with van der Waals surface area (Å²) in [6.07, 6.45) is 11.6. The van der Waals surface area contributed by atoms with Crippen molar-refractivity contribution in [3.05, 3.63) is 19.2 Å². The lowest BCUT2D eigenvalue weighted by molar-refractivity contribution is 0.645. The Hall–Kier alpha value is -0.460. The maximum atomic E-state index is 3.76. The fourth-order valence-corrected chi connectivity index (χ4v) is 1.02. The third-order valence-electron chi connectivity index (χ3n) is 1.78. The Balaban J connectivity index is 2.90. The Kier molecular flexibility index (Phi) is 10.1. The van der Waals surface area contributed by atoms with Crippen LogP contribution in [0.25, 0.3) is 0 Å². The first-order valence-corrected chi connectivity index (χ1v) is 5.09. The van der Waals surface area contributed by atoms with Crippen LogP contribution >= 0.6 is 0 Å². The SMILES string of the molecule is [CH2]CCC=CNCCCCCC. The van der Waals surface area contributed by atoms with E-state index in [9.17, 15) is 0 Å². The molecule has 0 saturated heterocycles. The summed E-state index contributed by atoms with van der Waals surface area (Å²) in [5.41, 5.74) is 0. The van der Waals surface area contributed by atoms with Crippen molar-refractivity contribution in [2.75, 3.05) is 6.54 Å². The maximum Gasteiger partial charge on any atom is 0.0141 e. The molecule has 0 rings (SSSR count). The van der Waals surface area contributed by atoms with Crippen LogP contribution in [-0.4, -0.2) is 6.54 Å². The number of hydrogen-bond acceptors (Lipinski definition) is 1. The minimum Gasteiger partial charge on any atom is -0.391 e. The molecule has 0 spiro atoms. The predicted octanol–water partition coefficient (Wildman–Crippen LogP) is 3.28. The molecule has 0 unspecified atom stereocenters. The third kappa shape index (κ3) is 9.54. The van der Waals surface area contributed by atoms with Gasteiger partial charge in [0.2, 0.25) is 0 Å². The molecule has 0 aliphatic rings. The van der Waals surface area contributed by atoms with Crippen LogP contribution in [0.15, 0.2) is 12.3 Å². The van der Waals surface area contributed by atoms with Crippen LogP contribution < -0.4 is 5.32 Å². The molecule has 0 aliphatic carbocycles. The van der Waals surface area contributed by atoms with Crippen LogP contribution in [0.5, 0.6) is 0 Å². The van der Waals surface area contributed by atoms with Crippen LogP contribution in [0.1, 0.15) is 45.4 Å². The molecule has 0 saturated carbocycles. The fraction of sp³-hybridized carbons (Fsp3) is 0.727. The highest BCUT2D eigenvalue weighted by Crippen LogP contribution is 1.96. The van der Waals surface area contributed by atoms with Gasteiger partial charge in [0, 0.05) is 6.54 Å². The van der Waals surface area contributed by atoms with E-state index in [1.165, 1.54) is 25.7 Å². The first-order chi connectivity index (χ1) is 5.91. The number of nitrogens with one attached hydrogen (secondary N) is 1. The van der Waals surface area contributed by atoms with Crippen molar-refractivity contribution in [1.82, 2.24) is 5.32 Å². The molecule has 1 N–H and O–H groups in total. The van der Waals surface area contributed by atoms with Gasteiger partial charge in [-0.3, -0.25) is 0 Å². The maximum absolute atomic E-state index is 3.76. The fourth-order valence-electron chi connectivity index (χ4n) is 1.02. The van der Waals surface area contributed by atoms with Crippen LogP contribution in [-0.2, 0) is 0 Å². The van der Waals surface area contributed by atoms with Gasteiger partial charge in [-0.25, -0.2) is 0 Å². The molecule has 0 fully saturated rings. The van der Waals surface area contributed by atoms with Crippen LogP contribution in [0.4, 0.5) is 0 Å². The highest BCUT2D eigenvalue weighted by Gasteiger charge is 1.84. The van der Waals surface area contributed by atoms with E-state index in [0.29, 0.717) is 0 Å². The molecule has 0 bridgehead atoms. The van der Waals surface area contributed by atoms with Gasteiger partial charge in [-0.2, -0.15) is 0 Å². The molecule has 0 atom stereocenters. The lowest BCUT2D eigenvalue weighted by Crippen LogP contribution is -2.06. The first kappa shape index (κ1) is 11.5. The average molecular weight is 168 g/mol. The number of unbranched alkanes of at least 4 members (excludes halogenated alkanes) is 4. The number of rotatable bonds is 8. The Morgan fingerprint density at radius 1 is 1.25 bits per heavy atom. The van der Waals surface area contributed by atoms with Gasteiger partial charge >= 0.3 is 0 Å². The smallest absolute Gasteiger partial charge is 0.0141 e. The lowest BCUT2D eigenvalue weighted by atomic mass is 10.2. The van der Waals surface area contributed by atoms with E-state index in [2.05, 4.69) is 31.4 Å². The quantitative estimate of drug-likeness (QED) is 0.548.